The highest BCUT2D eigenvalue weighted by Gasteiger charge is 2.48. The number of fused-ring (bicyclic) bond motifs is 1. The predicted octanol–water partition coefficient (Wildman–Crippen LogP) is 5.72. The van der Waals surface area contributed by atoms with Crippen LogP contribution in [0.4, 0.5) is 15.3 Å². The average Bonchev–Trinajstić information content (AvgIpc) is 2.08. The fourth-order valence-corrected chi connectivity index (χ4v) is 8.43. The summed E-state index contributed by atoms with van der Waals surface area (Å²) in [5.41, 5.74) is 15.9. The molecular weight excluding hydrogens is 1130 g/mol. The van der Waals surface area contributed by atoms with Gasteiger partial charge in [-0.05, 0) is 103 Å². The highest BCUT2D eigenvalue weighted by Crippen LogP contribution is 2.30. The molecule has 3 heterocycles. The zero-order valence-electron chi connectivity index (χ0n) is 50.9. The molecule has 476 valence electrons. The SMILES string of the molecule is CC.CC.CC.CCC(C)=O.NCCCCCC(=O)NCCNC(=O)c1cc(COC(=O)NCc2ccc(COc3ccc(NC(=O)NCc4ccc5c(c4)CN(C4CCC(=O)N=C4N)C5=O)cc3)cc2)ccc1OC1OC(C(=O)O)[C@@H](O)C(O)C1O. The van der Waals surface area contributed by atoms with Gasteiger partial charge in [0.25, 0.3) is 11.8 Å². The molecule has 6 atom stereocenters. The number of aliphatic imine (C=N–C) groups is 1. The highest BCUT2D eigenvalue weighted by molar-refractivity contribution is 6.05. The van der Waals surface area contributed by atoms with Gasteiger partial charge in [0, 0.05) is 63.2 Å². The number of carbonyl (C=O) groups is 8. The number of nitrogens with zero attached hydrogens (tertiary/aromatic N) is 2. The van der Waals surface area contributed by atoms with Crippen LogP contribution >= 0.6 is 0 Å². The smallest absolute Gasteiger partial charge is 0.407 e. The number of aliphatic hydroxyl groups is 3. The summed E-state index contributed by atoms with van der Waals surface area (Å²) in [6.07, 6.45) is -6.49. The second-order valence-electron chi connectivity index (χ2n) is 19.2. The van der Waals surface area contributed by atoms with Gasteiger partial charge in [0.1, 0.15) is 54.6 Å². The van der Waals surface area contributed by atoms with Crippen molar-refractivity contribution < 1.29 is 77.7 Å². The third-order valence-electron chi connectivity index (χ3n) is 13.1. The lowest BCUT2D eigenvalue weighted by Gasteiger charge is -2.38. The molecule has 0 bridgehead atoms. The molecule has 7 amide bonds. The van der Waals surface area contributed by atoms with Crippen molar-refractivity contribution in [1.29, 1.82) is 0 Å². The van der Waals surface area contributed by atoms with Crippen LogP contribution in [-0.2, 0) is 61.5 Å². The van der Waals surface area contributed by atoms with Crippen molar-refractivity contribution in [1.82, 2.24) is 26.2 Å². The fraction of sp³-hybridized carbons (Fsp3) is 0.468. The molecular formula is C62H87N9O16. The monoisotopic (exact) mass is 1210 g/mol. The lowest BCUT2D eigenvalue weighted by Crippen LogP contribution is -2.61. The Hall–Kier alpha value is -8.49. The van der Waals surface area contributed by atoms with Crippen LogP contribution in [0.3, 0.4) is 0 Å². The lowest BCUT2D eigenvalue weighted by molar-refractivity contribution is -0.271. The number of ketones is 1. The van der Waals surface area contributed by atoms with Crippen molar-refractivity contribution in [3.63, 3.8) is 0 Å². The van der Waals surface area contributed by atoms with Crippen molar-refractivity contribution in [3.8, 4) is 11.5 Å². The number of amides is 7. The number of unbranched alkanes of at least 4 members (excludes halogenated alkanes) is 2. The van der Waals surface area contributed by atoms with Crippen LogP contribution in [0.5, 0.6) is 11.5 Å². The van der Waals surface area contributed by atoms with Gasteiger partial charge in [0.2, 0.25) is 18.1 Å². The summed E-state index contributed by atoms with van der Waals surface area (Å²) in [5.74, 6) is -2.25. The van der Waals surface area contributed by atoms with Gasteiger partial charge in [-0.1, -0.05) is 97.4 Å². The first kappa shape index (κ1) is 72.8. The van der Waals surface area contributed by atoms with E-state index >= 15 is 0 Å². The fourth-order valence-electron chi connectivity index (χ4n) is 8.43. The van der Waals surface area contributed by atoms with Gasteiger partial charge in [0.15, 0.2) is 6.10 Å². The van der Waals surface area contributed by atoms with E-state index in [0.717, 1.165) is 35.1 Å². The molecule has 3 aliphatic heterocycles. The Morgan fingerprint density at radius 1 is 0.736 bits per heavy atom. The van der Waals surface area contributed by atoms with Crippen LogP contribution in [0.2, 0.25) is 0 Å². The van der Waals surface area contributed by atoms with Crippen LogP contribution in [0.1, 0.15) is 149 Å². The average molecular weight is 1210 g/mol. The standard InChI is InChI=1S/C52H61N9O15.C4H8O.3C2H6/c53-19-3-1-2-4-40(62)55-20-21-56-47(67)37-23-32(10-17-39(37)75-50-44(66)42(64)43(65)45(76-50)49(69)70)28-74-52(72)58-24-29-5-7-30(8-6-29)27-73-35-13-11-34(12-14-35)59-51(71)57-25-31-9-15-36-33(22-31)26-61(48(36)68)38-16-18-41(63)60-46(38)54;1-3-4(2)5;3*1-2/h5-15,17,22-23,38,42-45,50,64-66H,1-4,16,18-21,24-28,53H2,(H,55,62)(H,56,67)(H,58,72)(H,69,70)(H2,54,60,63)(H2,57,59,71);3H2,1-2H3;3*1-2H3/t38?,42?,43-,44?,45?,50?;;;;/m0..../s1. The van der Waals surface area contributed by atoms with Gasteiger partial charge in [-0.2, -0.15) is 4.99 Å². The third kappa shape index (κ3) is 23.4. The number of amidine groups is 1. The molecule has 4 aromatic rings. The molecule has 5 unspecified atom stereocenters. The quantitative estimate of drug-likeness (QED) is 0.0374. The number of nitrogens with one attached hydrogen (secondary N) is 5. The van der Waals surface area contributed by atoms with E-state index < -0.39 is 60.7 Å². The molecule has 0 aromatic heterocycles. The van der Waals surface area contributed by atoms with Gasteiger partial charge in [-0.3, -0.25) is 19.2 Å². The number of aliphatic carboxylic acids is 1. The van der Waals surface area contributed by atoms with E-state index in [2.05, 4.69) is 31.6 Å². The first-order valence-electron chi connectivity index (χ1n) is 29.4. The van der Waals surface area contributed by atoms with Crippen LogP contribution in [-0.4, -0.2) is 135 Å². The summed E-state index contributed by atoms with van der Waals surface area (Å²) in [7, 11) is 0. The van der Waals surface area contributed by atoms with E-state index in [9.17, 15) is 58.8 Å². The van der Waals surface area contributed by atoms with E-state index in [1.165, 1.54) is 18.2 Å². The maximum absolute atomic E-state index is 13.5. The Kier molecular flexibility index (Phi) is 32.2. The number of Topliss-reactive ketones (excluding diaryl/α,β-unsaturated/α-hetero) is 1. The number of benzene rings is 4. The van der Waals surface area contributed by atoms with Crippen molar-refractivity contribution in [2.24, 2.45) is 16.5 Å². The molecule has 0 spiro atoms. The molecule has 7 rings (SSSR count). The number of carbonyl (C=O) groups excluding carboxylic acids is 7. The van der Waals surface area contributed by atoms with E-state index in [1.54, 1.807) is 60.4 Å². The number of anilines is 1. The number of nitrogens with two attached hydrogens (primary N) is 2. The molecule has 1 saturated heterocycles. The summed E-state index contributed by atoms with van der Waals surface area (Å²) in [5, 5.41) is 54.0. The summed E-state index contributed by atoms with van der Waals surface area (Å²) >= 11 is 0. The Morgan fingerprint density at radius 3 is 2.01 bits per heavy atom. The maximum atomic E-state index is 13.5. The molecule has 0 saturated carbocycles. The minimum absolute atomic E-state index is 0.00292. The predicted molar refractivity (Wildman–Crippen MR) is 325 cm³/mol. The second-order valence-corrected chi connectivity index (χ2v) is 19.2. The number of alkyl carbamates (subject to hydrolysis) is 1. The third-order valence-corrected chi connectivity index (χ3v) is 13.1. The summed E-state index contributed by atoms with van der Waals surface area (Å²) in [4.78, 5) is 103. The van der Waals surface area contributed by atoms with Crippen molar-refractivity contribution in [2.45, 2.75) is 170 Å². The Balaban J connectivity index is 0.00000168. The molecule has 25 nitrogen and oxygen atoms in total. The van der Waals surface area contributed by atoms with Crippen LogP contribution < -0.4 is 47.5 Å². The van der Waals surface area contributed by atoms with Crippen LogP contribution in [0, 0.1) is 0 Å². The molecule has 4 aromatic carbocycles. The van der Waals surface area contributed by atoms with Crippen molar-refractivity contribution >= 4 is 59.0 Å². The number of hydrogen-bond donors (Lipinski definition) is 11. The maximum Gasteiger partial charge on any atom is 0.407 e. The van der Waals surface area contributed by atoms with Crippen molar-refractivity contribution in [3.05, 3.63) is 124 Å². The number of rotatable bonds is 24. The molecule has 0 aliphatic carbocycles. The molecule has 1 fully saturated rings. The summed E-state index contributed by atoms with van der Waals surface area (Å²) in [6, 6.07) is 22.7. The number of ether oxygens (including phenoxy) is 4. The number of urea groups is 1. The number of hydrogen-bond acceptors (Lipinski definition) is 17. The minimum atomic E-state index is -1.97. The van der Waals surface area contributed by atoms with Gasteiger partial charge in [-0.25, -0.2) is 14.4 Å². The summed E-state index contributed by atoms with van der Waals surface area (Å²) < 4.78 is 22.3. The van der Waals surface area contributed by atoms with Crippen molar-refractivity contribution in [2.75, 3.05) is 25.0 Å². The Bertz CT molecular complexity index is 2910. The zero-order valence-corrected chi connectivity index (χ0v) is 50.9. The number of carboxylic acid groups (broad SMARTS) is 1. The Labute approximate surface area is 507 Å². The lowest BCUT2D eigenvalue weighted by atomic mass is 9.99. The molecule has 13 N–H and O–H groups in total. The zero-order chi connectivity index (χ0) is 64.6. The number of aliphatic hydroxyl groups excluding tert-OH is 3. The van der Waals surface area contributed by atoms with Gasteiger partial charge >= 0.3 is 18.1 Å². The minimum Gasteiger partial charge on any atom is -0.489 e. The van der Waals surface area contributed by atoms with Crippen LogP contribution in [0.25, 0.3) is 0 Å². The molecule has 3 aliphatic rings. The van der Waals surface area contributed by atoms with E-state index in [-0.39, 0.29) is 86.5 Å². The Morgan fingerprint density at radius 2 is 1.37 bits per heavy atom. The highest BCUT2D eigenvalue weighted by atomic mass is 16.7. The van der Waals surface area contributed by atoms with E-state index in [0.29, 0.717) is 61.3 Å². The largest absolute Gasteiger partial charge is 0.489 e. The normalized spacial score (nSPS) is 18.0. The van der Waals surface area contributed by atoms with Gasteiger partial charge < -0.3 is 87.1 Å². The van der Waals surface area contributed by atoms with Gasteiger partial charge in [0.05, 0.1) is 11.6 Å². The topological polar surface area (TPSA) is 382 Å². The van der Waals surface area contributed by atoms with Crippen LogP contribution in [0.15, 0.2) is 89.9 Å². The molecule has 0 radical (unpaired) electrons. The van der Waals surface area contributed by atoms with Gasteiger partial charge in [-0.15, -0.1) is 0 Å². The summed E-state index contributed by atoms with van der Waals surface area (Å²) in [6.45, 7) is 16.6. The number of carboxylic acids is 1. The molecule has 25 heteroatoms. The first-order valence-corrected chi connectivity index (χ1v) is 29.4. The van der Waals surface area contributed by atoms with E-state index in [4.69, 9.17) is 30.4 Å². The van der Waals surface area contributed by atoms with E-state index in [1.807, 2.05) is 66.7 Å². The second kappa shape index (κ2) is 38.5. The molecule has 87 heavy (non-hydrogen) atoms. The first-order chi connectivity index (χ1) is 41.8.